The van der Waals surface area contributed by atoms with Gasteiger partial charge in [-0.15, -0.1) is 0 Å². The van der Waals surface area contributed by atoms with Crippen LogP contribution in [0.2, 0.25) is 32.2 Å². The van der Waals surface area contributed by atoms with Crippen LogP contribution in [0, 0.1) is 0 Å². The van der Waals surface area contributed by atoms with Gasteiger partial charge in [0, 0.05) is 10.7 Å². The third kappa shape index (κ3) is 7.18. The molecule has 0 aromatic rings. The molecule has 0 amide bonds. The summed E-state index contributed by atoms with van der Waals surface area (Å²) in [5.41, 5.74) is 2.48. The highest BCUT2D eigenvalue weighted by Crippen LogP contribution is 2.61. The number of hydrogen-bond donors (Lipinski definition) is 0. The molecule has 188 valence electrons. The van der Waals surface area contributed by atoms with Crippen LogP contribution in [0.1, 0.15) is 122 Å². The molecule has 31 heavy (non-hydrogen) atoms. The zero-order valence-corrected chi connectivity index (χ0v) is 28.3. The van der Waals surface area contributed by atoms with Crippen molar-refractivity contribution in [2.45, 2.75) is 154 Å². The first kappa shape index (κ1) is 32.4. The smallest absolute Gasteiger partial charge is 0.190 e. The van der Waals surface area contributed by atoms with Gasteiger partial charge < -0.3 is 4.12 Å². The molecule has 0 aliphatic carbocycles. The summed E-state index contributed by atoms with van der Waals surface area (Å²) in [6.45, 7) is 30.1. The zero-order valence-electron chi connectivity index (χ0n) is 23.1. The molecular weight excluding hydrogens is 544 g/mol. The molecular formula is C26H56Br2OSi2. The first-order chi connectivity index (χ1) is 14.1. The van der Waals surface area contributed by atoms with Crippen molar-refractivity contribution < 1.29 is 4.12 Å². The van der Waals surface area contributed by atoms with Crippen LogP contribution in [0.3, 0.4) is 0 Å². The fourth-order valence-corrected chi connectivity index (χ4v) is 26.3. The molecule has 0 rings (SSSR count). The molecule has 5 heteroatoms. The van der Waals surface area contributed by atoms with Crippen LogP contribution < -0.4 is 0 Å². The monoisotopic (exact) mass is 598 g/mol. The minimum Gasteiger partial charge on any atom is -0.453 e. The summed E-state index contributed by atoms with van der Waals surface area (Å²) in [6.07, 6.45) is 7.68. The lowest BCUT2D eigenvalue weighted by atomic mass is 10.1. The van der Waals surface area contributed by atoms with Gasteiger partial charge in [0.25, 0.3) is 0 Å². The Morgan fingerprint density at radius 1 is 0.548 bits per heavy atom. The Morgan fingerprint density at radius 3 is 1.00 bits per heavy atom. The fraction of sp³-hybridized carbons (Fsp3) is 1.00. The molecule has 0 atom stereocenters. The summed E-state index contributed by atoms with van der Waals surface area (Å²) in [6, 6.07) is 0. The van der Waals surface area contributed by atoms with Gasteiger partial charge >= 0.3 is 0 Å². The van der Waals surface area contributed by atoms with Crippen molar-refractivity contribution in [2.75, 3.05) is 10.7 Å². The van der Waals surface area contributed by atoms with E-state index in [2.05, 4.69) is 115 Å². The molecule has 0 bridgehead atoms. The topological polar surface area (TPSA) is 9.23 Å². The molecule has 0 aromatic carbocycles. The quantitative estimate of drug-likeness (QED) is 0.0973. The SMILES string of the molecule is CC(C)[Si](O[Si](C(C)C)(C(C)C)C(C)(C)CCCCBr)(C(C)C)C(C)(C)CCCCBr. The van der Waals surface area contributed by atoms with Gasteiger partial charge in [-0.3, -0.25) is 0 Å². The molecule has 0 spiro atoms. The lowest BCUT2D eigenvalue weighted by Crippen LogP contribution is -2.65. The van der Waals surface area contributed by atoms with Crippen LogP contribution >= 0.6 is 31.9 Å². The number of rotatable bonds is 16. The fourth-order valence-electron chi connectivity index (χ4n) is 7.20. The molecule has 0 saturated carbocycles. The maximum absolute atomic E-state index is 8.12. The first-order valence-electron chi connectivity index (χ1n) is 12.9. The normalized spacial score (nSPS) is 14.5. The van der Waals surface area contributed by atoms with Crippen LogP contribution in [0.4, 0.5) is 0 Å². The molecule has 0 aliphatic heterocycles. The second kappa shape index (κ2) is 13.4. The van der Waals surface area contributed by atoms with Crippen LogP contribution in [0.15, 0.2) is 0 Å². The molecule has 0 fully saturated rings. The van der Waals surface area contributed by atoms with Crippen molar-refractivity contribution in [3.8, 4) is 0 Å². The summed E-state index contributed by atoms with van der Waals surface area (Å²) < 4.78 is 8.12. The number of unbranched alkanes of at least 4 members (excludes halogenated alkanes) is 2. The Morgan fingerprint density at radius 2 is 0.806 bits per heavy atom. The molecule has 0 aliphatic rings. The van der Waals surface area contributed by atoms with E-state index in [4.69, 9.17) is 4.12 Å². The largest absolute Gasteiger partial charge is 0.453 e. The van der Waals surface area contributed by atoms with Gasteiger partial charge in [-0.25, -0.2) is 0 Å². The lowest BCUT2D eigenvalue weighted by molar-refractivity contribution is 0.345. The van der Waals surface area contributed by atoms with Crippen molar-refractivity contribution in [3.63, 3.8) is 0 Å². The number of alkyl halides is 2. The van der Waals surface area contributed by atoms with E-state index < -0.39 is 16.6 Å². The molecule has 0 heterocycles. The van der Waals surface area contributed by atoms with E-state index in [0.29, 0.717) is 22.2 Å². The number of halogens is 2. The summed E-state index contributed by atoms with van der Waals surface area (Å²) in [5.74, 6) is 0. The maximum Gasteiger partial charge on any atom is 0.190 e. The molecule has 0 saturated heterocycles. The van der Waals surface area contributed by atoms with Gasteiger partial charge in [-0.05, 0) is 57.9 Å². The highest BCUT2D eigenvalue weighted by atomic mass is 79.9. The van der Waals surface area contributed by atoms with Crippen LogP contribution in [-0.4, -0.2) is 27.3 Å². The van der Waals surface area contributed by atoms with Crippen LogP contribution in [-0.2, 0) is 4.12 Å². The van der Waals surface area contributed by atoms with Gasteiger partial charge in [0.15, 0.2) is 16.6 Å². The minimum absolute atomic E-state index is 0.269. The second-order valence-corrected chi connectivity index (χ2v) is 25.3. The van der Waals surface area contributed by atoms with E-state index in [0.717, 1.165) is 10.7 Å². The van der Waals surface area contributed by atoms with E-state index in [1.807, 2.05) is 0 Å². The predicted molar refractivity (Wildman–Crippen MR) is 156 cm³/mol. The van der Waals surface area contributed by atoms with Crippen molar-refractivity contribution in [3.05, 3.63) is 0 Å². The summed E-state index contributed by atoms with van der Waals surface area (Å²) in [7, 11) is -4.22. The molecule has 0 radical (unpaired) electrons. The van der Waals surface area contributed by atoms with Crippen molar-refractivity contribution in [2.24, 2.45) is 0 Å². The van der Waals surface area contributed by atoms with E-state index >= 15 is 0 Å². The van der Waals surface area contributed by atoms with Gasteiger partial charge in [-0.1, -0.05) is 128 Å². The van der Waals surface area contributed by atoms with Crippen LogP contribution in [0.5, 0.6) is 0 Å². The lowest BCUT2D eigenvalue weighted by Gasteiger charge is -2.61. The summed E-state index contributed by atoms with van der Waals surface area (Å²) in [5, 5.41) is 2.76. The third-order valence-electron chi connectivity index (χ3n) is 8.25. The Labute approximate surface area is 216 Å². The Bertz CT molecular complexity index is 442. The van der Waals surface area contributed by atoms with Gasteiger partial charge in [0.1, 0.15) is 0 Å². The minimum atomic E-state index is -2.11. The highest BCUT2D eigenvalue weighted by Gasteiger charge is 2.62. The zero-order chi connectivity index (χ0) is 24.7. The van der Waals surface area contributed by atoms with E-state index in [1.165, 1.54) is 38.5 Å². The first-order valence-corrected chi connectivity index (χ1v) is 19.3. The standard InChI is InChI=1S/C26H56Br2OSi2/c1-21(2)30(22(3)4,25(9,10)17-13-15-19-27)29-31(23(5)6,24(7)8)26(11,12)18-14-16-20-28/h21-24H,13-20H2,1-12H3. The van der Waals surface area contributed by atoms with Gasteiger partial charge in [0.2, 0.25) is 0 Å². The third-order valence-corrected chi connectivity index (χ3v) is 23.7. The average Bonchev–Trinajstić information content (AvgIpc) is 2.61. The highest BCUT2D eigenvalue weighted by molar-refractivity contribution is 9.09. The Kier molecular flexibility index (Phi) is 14.0. The van der Waals surface area contributed by atoms with E-state index in [1.54, 1.807) is 0 Å². The summed E-state index contributed by atoms with van der Waals surface area (Å²) >= 11 is 7.30. The molecule has 0 unspecified atom stereocenters. The van der Waals surface area contributed by atoms with Gasteiger partial charge in [-0.2, -0.15) is 0 Å². The predicted octanol–water partition coefficient (Wildman–Crippen LogP) is 11.2. The molecule has 0 N–H and O–H groups in total. The van der Waals surface area contributed by atoms with Crippen LogP contribution in [0.25, 0.3) is 0 Å². The maximum atomic E-state index is 8.12. The van der Waals surface area contributed by atoms with E-state index in [9.17, 15) is 0 Å². The van der Waals surface area contributed by atoms with Crippen molar-refractivity contribution in [1.29, 1.82) is 0 Å². The van der Waals surface area contributed by atoms with Crippen molar-refractivity contribution in [1.82, 2.24) is 0 Å². The van der Waals surface area contributed by atoms with Gasteiger partial charge in [0.05, 0.1) is 0 Å². The summed E-state index contributed by atoms with van der Waals surface area (Å²) in [4.78, 5) is 0. The molecule has 0 aromatic heterocycles. The second-order valence-electron chi connectivity index (χ2n) is 12.4. The average molecular weight is 601 g/mol. The van der Waals surface area contributed by atoms with E-state index in [-0.39, 0.29) is 10.1 Å². The Balaban J connectivity index is 6.66. The van der Waals surface area contributed by atoms with Crippen molar-refractivity contribution >= 4 is 48.5 Å². The number of hydrogen-bond acceptors (Lipinski definition) is 1. The molecule has 1 nitrogen and oxygen atoms in total. The Hall–Kier alpha value is 1.35.